The van der Waals surface area contributed by atoms with E-state index in [4.69, 9.17) is 0 Å². The van der Waals surface area contributed by atoms with Crippen LogP contribution in [-0.2, 0) is 6.42 Å². The fourth-order valence-electron chi connectivity index (χ4n) is 2.31. The van der Waals surface area contributed by atoms with Crippen molar-refractivity contribution < 1.29 is 0 Å². The highest BCUT2D eigenvalue weighted by Gasteiger charge is 2.11. The first-order valence-electron chi connectivity index (χ1n) is 6.44. The summed E-state index contributed by atoms with van der Waals surface area (Å²) in [5, 5.41) is 0. The first-order valence-corrected chi connectivity index (χ1v) is 7.23. The van der Waals surface area contributed by atoms with E-state index in [9.17, 15) is 0 Å². The van der Waals surface area contributed by atoms with E-state index in [2.05, 4.69) is 64.2 Å². The number of nitrogens with zero attached hydrogens (tertiary/aromatic N) is 1. The molecule has 0 amide bonds. The smallest absolute Gasteiger partial charge is 0.0410 e. The molecule has 2 aromatic rings. The highest BCUT2D eigenvalue weighted by Crippen LogP contribution is 2.26. The van der Waals surface area contributed by atoms with E-state index >= 15 is 0 Å². The normalized spacial score (nSPS) is 12.3. The van der Waals surface area contributed by atoms with Gasteiger partial charge in [0.1, 0.15) is 0 Å². The summed E-state index contributed by atoms with van der Waals surface area (Å²) in [4.78, 5) is 4.24. The molecule has 1 aromatic carbocycles. The van der Waals surface area contributed by atoms with Gasteiger partial charge in [-0.25, -0.2) is 0 Å². The third kappa shape index (κ3) is 3.67. The molecule has 0 fully saturated rings. The van der Waals surface area contributed by atoms with E-state index in [1.807, 2.05) is 12.4 Å². The van der Waals surface area contributed by atoms with Crippen LogP contribution in [0, 0.1) is 0 Å². The van der Waals surface area contributed by atoms with Gasteiger partial charge < -0.3 is 0 Å². The zero-order chi connectivity index (χ0) is 12.8. The van der Waals surface area contributed by atoms with Gasteiger partial charge in [0.2, 0.25) is 0 Å². The van der Waals surface area contributed by atoms with Crippen molar-refractivity contribution in [3.05, 3.63) is 64.4 Å². The van der Waals surface area contributed by atoms with Gasteiger partial charge in [-0.2, -0.15) is 0 Å². The number of hydrogen-bond donors (Lipinski definition) is 0. The molecule has 0 bridgehead atoms. The van der Waals surface area contributed by atoms with E-state index in [0.717, 1.165) is 10.9 Å². The molecule has 0 radical (unpaired) electrons. The number of rotatable bonds is 5. The van der Waals surface area contributed by atoms with Gasteiger partial charge in [-0.15, -0.1) is 0 Å². The Hall–Kier alpha value is -1.15. The molecule has 1 nitrogen and oxygen atoms in total. The van der Waals surface area contributed by atoms with Gasteiger partial charge in [0.05, 0.1) is 0 Å². The molecule has 0 spiro atoms. The maximum absolute atomic E-state index is 4.24. The number of pyridine rings is 1. The molecule has 2 heteroatoms. The van der Waals surface area contributed by atoms with Crippen LogP contribution in [0.4, 0.5) is 0 Å². The molecule has 1 heterocycles. The maximum atomic E-state index is 4.24. The molecule has 2 rings (SSSR count). The SMILES string of the molecule is CCCC(Cc1cncc(Br)c1)c1ccccc1. The molecule has 18 heavy (non-hydrogen) atoms. The van der Waals surface area contributed by atoms with E-state index in [-0.39, 0.29) is 0 Å². The second-order valence-electron chi connectivity index (χ2n) is 4.61. The first kappa shape index (κ1) is 13.3. The molecule has 0 N–H and O–H groups in total. The van der Waals surface area contributed by atoms with Gasteiger partial charge >= 0.3 is 0 Å². The van der Waals surface area contributed by atoms with Crippen LogP contribution in [0.3, 0.4) is 0 Å². The lowest BCUT2D eigenvalue weighted by molar-refractivity contribution is 0.609. The Kier molecular flexibility index (Phi) is 4.94. The summed E-state index contributed by atoms with van der Waals surface area (Å²) in [5.74, 6) is 0.590. The number of halogens is 1. The monoisotopic (exact) mass is 303 g/mol. The van der Waals surface area contributed by atoms with Crippen LogP contribution >= 0.6 is 15.9 Å². The van der Waals surface area contributed by atoms with E-state index in [1.165, 1.54) is 24.0 Å². The molecule has 0 aliphatic heterocycles. The minimum atomic E-state index is 0.590. The maximum Gasteiger partial charge on any atom is 0.0410 e. The Morgan fingerprint density at radius 3 is 2.61 bits per heavy atom. The first-order chi connectivity index (χ1) is 8.79. The zero-order valence-corrected chi connectivity index (χ0v) is 12.2. The summed E-state index contributed by atoms with van der Waals surface area (Å²) in [6, 6.07) is 12.9. The second-order valence-corrected chi connectivity index (χ2v) is 5.53. The summed E-state index contributed by atoms with van der Waals surface area (Å²) in [6.07, 6.45) is 7.29. The zero-order valence-electron chi connectivity index (χ0n) is 10.6. The molecule has 0 aliphatic carbocycles. The van der Waals surface area contributed by atoms with Crippen LogP contribution in [0.2, 0.25) is 0 Å². The van der Waals surface area contributed by atoms with Crippen molar-refractivity contribution >= 4 is 15.9 Å². The average molecular weight is 304 g/mol. The van der Waals surface area contributed by atoms with Gasteiger partial charge in [0, 0.05) is 16.9 Å². The summed E-state index contributed by atoms with van der Waals surface area (Å²) in [6.45, 7) is 2.25. The predicted octanol–water partition coefficient (Wildman–Crippen LogP) is 4.97. The molecular weight excluding hydrogens is 286 g/mol. The minimum absolute atomic E-state index is 0.590. The molecule has 1 atom stereocenters. The van der Waals surface area contributed by atoms with E-state index < -0.39 is 0 Å². The van der Waals surface area contributed by atoms with Crippen molar-refractivity contribution in [2.24, 2.45) is 0 Å². The number of hydrogen-bond acceptors (Lipinski definition) is 1. The summed E-state index contributed by atoms with van der Waals surface area (Å²) < 4.78 is 1.06. The van der Waals surface area contributed by atoms with Crippen LogP contribution in [0.1, 0.15) is 36.8 Å². The van der Waals surface area contributed by atoms with Crippen LogP contribution in [-0.4, -0.2) is 4.98 Å². The van der Waals surface area contributed by atoms with Crippen molar-refractivity contribution in [1.29, 1.82) is 0 Å². The third-order valence-corrected chi connectivity index (χ3v) is 3.59. The Morgan fingerprint density at radius 2 is 1.94 bits per heavy atom. The summed E-state index contributed by atoms with van der Waals surface area (Å²) >= 11 is 3.48. The lowest BCUT2D eigenvalue weighted by Crippen LogP contribution is -2.03. The van der Waals surface area contributed by atoms with Crippen LogP contribution < -0.4 is 0 Å². The molecular formula is C16H18BrN. The Labute approximate surface area is 117 Å². The Morgan fingerprint density at radius 1 is 1.17 bits per heavy atom. The highest BCUT2D eigenvalue weighted by molar-refractivity contribution is 9.10. The van der Waals surface area contributed by atoms with Gasteiger partial charge in [-0.1, -0.05) is 43.7 Å². The van der Waals surface area contributed by atoms with Crippen molar-refractivity contribution in [3.63, 3.8) is 0 Å². The highest BCUT2D eigenvalue weighted by atomic mass is 79.9. The predicted molar refractivity (Wildman–Crippen MR) is 79.7 cm³/mol. The lowest BCUT2D eigenvalue weighted by atomic mass is 9.89. The molecule has 1 unspecified atom stereocenters. The molecule has 1 aromatic heterocycles. The van der Waals surface area contributed by atoms with Crippen molar-refractivity contribution in [3.8, 4) is 0 Å². The largest absolute Gasteiger partial charge is 0.263 e. The minimum Gasteiger partial charge on any atom is -0.263 e. The summed E-state index contributed by atoms with van der Waals surface area (Å²) in [7, 11) is 0. The van der Waals surface area contributed by atoms with Crippen LogP contribution in [0.15, 0.2) is 53.3 Å². The number of aromatic nitrogens is 1. The Bertz CT molecular complexity index is 481. The molecule has 0 saturated carbocycles. The molecule has 0 aliphatic rings. The van der Waals surface area contributed by atoms with E-state index in [0.29, 0.717) is 5.92 Å². The van der Waals surface area contributed by atoms with Crippen molar-refractivity contribution in [2.45, 2.75) is 32.1 Å². The topological polar surface area (TPSA) is 12.9 Å². The second kappa shape index (κ2) is 6.69. The van der Waals surface area contributed by atoms with E-state index in [1.54, 1.807) is 0 Å². The van der Waals surface area contributed by atoms with Crippen molar-refractivity contribution in [1.82, 2.24) is 4.98 Å². The van der Waals surface area contributed by atoms with Gasteiger partial charge in [0.25, 0.3) is 0 Å². The quantitative estimate of drug-likeness (QED) is 0.760. The van der Waals surface area contributed by atoms with Gasteiger partial charge in [0.15, 0.2) is 0 Å². The Balaban J connectivity index is 2.16. The molecule has 94 valence electrons. The van der Waals surface area contributed by atoms with Gasteiger partial charge in [-0.05, 0) is 51.9 Å². The molecule has 0 saturated heterocycles. The third-order valence-electron chi connectivity index (χ3n) is 3.15. The standard InChI is InChI=1S/C16H18BrN/c1-2-6-15(14-7-4-3-5-8-14)9-13-10-16(17)12-18-11-13/h3-5,7-8,10-12,15H,2,6,9H2,1H3. The van der Waals surface area contributed by atoms with Crippen LogP contribution in [0.5, 0.6) is 0 Å². The van der Waals surface area contributed by atoms with Crippen LogP contribution in [0.25, 0.3) is 0 Å². The van der Waals surface area contributed by atoms with Gasteiger partial charge in [-0.3, -0.25) is 4.98 Å². The fourth-order valence-corrected chi connectivity index (χ4v) is 2.72. The number of benzene rings is 1. The van der Waals surface area contributed by atoms with Crippen molar-refractivity contribution in [2.75, 3.05) is 0 Å². The average Bonchev–Trinajstić information content (AvgIpc) is 2.39. The fraction of sp³-hybridized carbons (Fsp3) is 0.312. The summed E-state index contributed by atoms with van der Waals surface area (Å²) in [5.41, 5.74) is 2.73. The lowest BCUT2D eigenvalue weighted by Gasteiger charge is -2.16.